The predicted octanol–water partition coefficient (Wildman–Crippen LogP) is 1.15. The lowest BCUT2D eigenvalue weighted by Crippen LogP contribution is -2.56. The molecule has 0 radical (unpaired) electrons. The molecule has 3 aromatic carbocycles. The Bertz CT molecular complexity index is 1600. The van der Waals surface area contributed by atoms with Gasteiger partial charge in [-0.15, -0.1) is 0 Å². The number of hydrogen-bond donors (Lipinski definition) is 7. The highest BCUT2D eigenvalue weighted by Crippen LogP contribution is 2.46. The first-order chi connectivity index (χ1) is 18.1. The molecule has 38 heavy (non-hydrogen) atoms. The van der Waals surface area contributed by atoms with Gasteiger partial charge in [-0.1, -0.05) is 18.2 Å². The molecule has 0 aliphatic carbocycles. The van der Waals surface area contributed by atoms with E-state index >= 15 is 0 Å². The first-order valence-electron chi connectivity index (χ1n) is 11.4. The van der Waals surface area contributed by atoms with Crippen LogP contribution in [0.3, 0.4) is 0 Å². The number of rotatable bonds is 4. The van der Waals surface area contributed by atoms with Gasteiger partial charge >= 0.3 is 5.97 Å². The van der Waals surface area contributed by atoms with Gasteiger partial charge < -0.3 is 49.6 Å². The Morgan fingerprint density at radius 3 is 2.24 bits per heavy atom. The number of phenols is 4. The molecular formula is C26H22O12. The number of benzene rings is 3. The van der Waals surface area contributed by atoms with Crippen molar-refractivity contribution in [2.45, 2.75) is 30.5 Å². The highest BCUT2D eigenvalue weighted by molar-refractivity contribution is 5.96. The predicted molar refractivity (Wildman–Crippen MR) is 129 cm³/mol. The SMILES string of the molecule is O=C(O[C@@H]1[C@@H](O)[C@H](O)[C@@H](CO)O[C@H]1c1c(O)cc2oc3cc(O)c(O)cc3c(=O)c2c1O)c1ccccc1. The summed E-state index contributed by atoms with van der Waals surface area (Å²) in [7, 11) is 0. The zero-order chi connectivity index (χ0) is 27.3. The van der Waals surface area contributed by atoms with Crippen LogP contribution in [-0.4, -0.2) is 72.7 Å². The molecule has 1 saturated heterocycles. The molecule has 7 N–H and O–H groups in total. The number of fused-ring (bicyclic) bond motifs is 2. The summed E-state index contributed by atoms with van der Waals surface area (Å²) in [5, 5.41) is 71.8. The number of aliphatic hydroxyl groups excluding tert-OH is 3. The summed E-state index contributed by atoms with van der Waals surface area (Å²) in [4.78, 5) is 26.0. The van der Waals surface area contributed by atoms with Crippen LogP contribution in [0.2, 0.25) is 0 Å². The van der Waals surface area contributed by atoms with E-state index in [0.29, 0.717) is 0 Å². The molecule has 198 valence electrons. The van der Waals surface area contributed by atoms with Crippen molar-refractivity contribution < 1.29 is 54.4 Å². The Morgan fingerprint density at radius 1 is 0.895 bits per heavy atom. The van der Waals surface area contributed by atoms with Crippen molar-refractivity contribution in [2.24, 2.45) is 0 Å². The number of aliphatic hydroxyl groups is 3. The maximum atomic E-state index is 13.2. The standard InChI is InChI=1S/C26H22O12/c27-9-17-21(32)23(34)25(38-26(35)10-4-2-1-3-5-10)24(37-17)18-14(30)8-16-19(22(18)33)20(31)11-6-12(28)13(29)7-15(11)36-16/h1-8,17,21,23-25,27-30,32-34H,9H2/t17-,21-,23+,24+,25-/m1/s1. The van der Waals surface area contributed by atoms with Crippen molar-refractivity contribution >= 4 is 27.9 Å². The van der Waals surface area contributed by atoms with Crippen molar-refractivity contribution in [3.63, 3.8) is 0 Å². The average Bonchev–Trinajstić information content (AvgIpc) is 2.89. The van der Waals surface area contributed by atoms with E-state index in [1.165, 1.54) is 12.1 Å². The van der Waals surface area contributed by atoms with E-state index in [0.717, 1.165) is 18.2 Å². The van der Waals surface area contributed by atoms with Crippen LogP contribution in [0.4, 0.5) is 0 Å². The third-order valence-corrected chi connectivity index (χ3v) is 6.45. The zero-order valence-corrected chi connectivity index (χ0v) is 19.4. The van der Waals surface area contributed by atoms with Crippen molar-refractivity contribution in [3.8, 4) is 23.0 Å². The number of carbonyl (C=O) groups excluding carboxylic acids is 1. The van der Waals surface area contributed by atoms with Crippen molar-refractivity contribution in [1.82, 2.24) is 0 Å². The van der Waals surface area contributed by atoms with E-state index in [1.54, 1.807) is 18.2 Å². The monoisotopic (exact) mass is 526 g/mol. The fraction of sp³-hybridized carbons (Fsp3) is 0.231. The molecule has 1 aliphatic rings. The van der Waals surface area contributed by atoms with Gasteiger partial charge in [0.2, 0.25) is 5.43 Å². The van der Waals surface area contributed by atoms with Crippen LogP contribution in [0, 0.1) is 0 Å². The van der Waals surface area contributed by atoms with Gasteiger partial charge in [0.25, 0.3) is 0 Å². The second-order valence-corrected chi connectivity index (χ2v) is 8.79. The van der Waals surface area contributed by atoms with E-state index in [9.17, 15) is 45.3 Å². The Balaban J connectivity index is 1.68. The number of esters is 1. The van der Waals surface area contributed by atoms with E-state index in [4.69, 9.17) is 13.9 Å². The third-order valence-electron chi connectivity index (χ3n) is 6.45. The topological polar surface area (TPSA) is 207 Å². The normalized spacial score (nSPS) is 23.5. The van der Waals surface area contributed by atoms with Gasteiger partial charge in [0, 0.05) is 12.1 Å². The van der Waals surface area contributed by atoms with Crippen LogP contribution in [0.25, 0.3) is 21.9 Å². The summed E-state index contributed by atoms with van der Waals surface area (Å²) in [5.41, 5.74) is -1.67. The fourth-order valence-corrected chi connectivity index (χ4v) is 4.52. The molecule has 0 unspecified atom stereocenters. The minimum Gasteiger partial charge on any atom is -0.507 e. The molecule has 0 spiro atoms. The Labute approximate surface area is 212 Å². The maximum absolute atomic E-state index is 13.2. The van der Waals surface area contributed by atoms with E-state index in [1.807, 2.05) is 0 Å². The van der Waals surface area contributed by atoms with Crippen molar-refractivity contribution in [2.75, 3.05) is 6.61 Å². The number of aromatic hydroxyl groups is 4. The molecular weight excluding hydrogens is 504 g/mol. The summed E-state index contributed by atoms with van der Waals surface area (Å²) in [6.45, 7) is -0.779. The summed E-state index contributed by atoms with van der Waals surface area (Å²) in [6, 6.07) is 10.6. The smallest absolute Gasteiger partial charge is 0.338 e. The largest absolute Gasteiger partial charge is 0.507 e. The zero-order valence-electron chi connectivity index (χ0n) is 19.4. The van der Waals surface area contributed by atoms with Crippen LogP contribution < -0.4 is 5.43 Å². The van der Waals surface area contributed by atoms with Gasteiger partial charge in [0.1, 0.15) is 52.5 Å². The number of carbonyl (C=O) groups is 1. The van der Waals surface area contributed by atoms with Crippen LogP contribution in [0.1, 0.15) is 22.0 Å². The molecule has 12 heteroatoms. The lowest BCUT2D eigenvalue weighted by atomic mass is 9.89. The first-order valence-corrected chi connectivity index (χ1v) is 11.4. The molecule has 5 rings (SSSR count). The first kappa shape index (κ1) is 25.3. The third kappa shape index (κ3) is 4.05. The average molecular weight is 526 g/mol. The lowest BCUT2D eigenvalue weighted by Gasteiger charge is -2.42. The molecule has 12 nitrogen and oxygen atoms in total. The minimum absolute atomic E-state index is 0.0966. The van der Waals surface area contributed by atoms with Crippen LogP contribution in [-0.2, 0) is 9.47 Å². The Kier molecular flexibility index (Phi) is 6.33. The molecule has 0 bridgehead atoms. The molecule has 1 aromatic heterocycles. The Morgan fingerprint density at radius 2 is 1.55 bits per heavy atom. The summed E-state index contributed by atoms with van der Waals surface area (Å²) >= 11 is 0. The molecule has 0 amide bonds. The quantitative estimate of drug-likeness (QED) is 0.114. The van der Waals surface area contributed by atoms with E-state index in [2.05, 4.69) is 0 Å². The van der Waals surface area contributed by atoms with Crippen LogP contribution >= 0.6 is 0 Å². The second kappa shape index (κ2) is 9.50. The number of hydrogen-bond acceptors (Lipinski definition) is 12. The van der Waals surface area contributed by atoms with Crippen molar-refractivity contribution in [1.29, 1.82) is 0 Å². The van der Waals surface area contributed by atoms with Gasteiger partial charge in [0.15, 0.2) is 17.6 Å². The lowest BCUT2D eigenvalue weighted by molar-refractivity contribution is -0.232. The Hall–Kier alpha value is -4.36. The van der Waals surface area contributed by atoms with Gasteiger partial charge in [-0.2, -0.15) is 0 Å². The highest BCUT2D eigenvalue weighted by atomic mass is 16.6. The van der Waals surface area contributed by atoms with Gasteiger partial charge in [-0.05, 0) is 18.2 Å². The molecule has 0 saturated carbocycles. The van der Waals surface area contributed by atoms with Gasteiger partial charge in [-0.25, -0.2) is 4.79 Å². The molecule has 1 fully saturated rings. The van der Waals surface area contributed by atoms with Crippen LogP contribution in [0.15, 0.2) is 57.7 Å². The molecule has 2 heterocycles. The highest BCUT2D eigenvalue weighted by Gasteiger charge is 2.49. The fourth-order valence-electron chi connectivity index (χ4n) is 4.52. The van der Waals surface area contributed by atoms with Gasteiger partial charge in [0.05, 0.1) is 23.1 Å². The second-order valence-electron chi connectivity index (χ2n) is 8.79. The number of ether oxygens (including phenoxy) is 2. The minimum atomic E-state index is -1.83. The van der Waals surface area contributed by atoms with E-state index in [-0.39, 0.29) is 22.1 Å². The maximum Gasteiger partial charge on any atom is 0.338 e. The summed E-state index contributed by atoms with van der Waals surface area (Å²) in [5.74, 6) is -3.64. The van der Waals surface area contributed by atoms with Crippen LogP contribution in [0.5, 0.6) is 23.0 Å². The van der Waals surface area contributed by atoms with E-state index < -0.39 is 82.5 Å². The molecule has 5 atom stereocenters. The summed E-state index contributed by atoms with van der Waals surface area (Å²) < 4.78 is 16.6. The summed E-state index contributed by atoms with van der Waals surface area (Å²) in [6.07, 6.45) is -8.32. The van der Waals surface area contributed by atoms with Crippen molar-refractivity contribution in [3.05, 3.63) is 69.9 Å². The molecule has 1 aliphatic heterocycles. The molecule has 4 aromatic rings. The number of phenolic OH excluding ortho intramolecular Hbond substituents is 4. The van der Waals surface area contributed by atoms with Gasteiger partial charge in [-0.3, -0.25) is 4.79 Å².